The topological polar surface area (TPSA) is 109 Å². The molecular formula is C20H21N3O5. The number of ketones is 1. The van der Waals surface area contributed by atoms with Gasteiger partial charge in [0.05, 0.1) is 0 Å². The number of urea groups is 1. The molecule has 1 saturated carbocycles. The second-order valence-electron chi connectivity index (χ2n) is 7.54. The molecule has 2 heterocycles. The van der Waals surface area contributed by atoms with E-state index in [0.717, 1.165) is 28.6 Å². The van der Waals surface area contributed by atoms with E-state index >= 15 is 0 Å². The van der Waals surface area contributed by atoms with E-state index in [1.54, 1.807) is 19.2 Å². The Labute approximate surface area is 161 Å². The molecule has 1 aliphatic carbocycles. The minimum atomic E-state index is -1.04. The molecule has 0 radical (unpaired) electrons. The summed E-state index contributed by atoms with van der Waals surface area (Å²) in [5, 5.41) is 3.42. The van der Waals surface area contributed by atoms with E-state index in [2.05, 4.69) is 10.3 Å². The molecule has 0 unspecified atom stereocenters. The largest absolute Gasteiger partial charge is 0.453 e. The Morgan fingerprint density at radius 3 is 2.71 bits per heavy atom. The van der Waals surface area contributed by atoms with Gasteiger partial charge in [-0.3, -0.25) is 19.3 Å². The number of fused-ring (bicyclic) bond motifs is 1. The molecule has 1 aliphatic heterocycles. The number of aromatic amines is 1. The van der Waals surface area contributed by atoms with Gasteiger partial charge in [-0.05, 0) is 38.7 Å². The summed E-state index contributed by atoms with van der Waals surface area (Å²) < 4.78 is 5.21. The predicted molar refractivity (Wildman–Crippen MR) is 99.6 cm³/mol. The smallest absolute Gasteiger partial charge is 0.326 e. The Balaban J connectivity index is 1.41. The number of carbonyl (C=O) groups excluding carboxylic acids is 4. The lowest BCUT2D eigenvalue weighted by Gasteiger charge is -2.21. The summed E-state index contributed by atoms with van der Waals surface area (Å²) in [7, 11) is 0. The number of aromatic nitrogens is 1. The van der Waals surface area contributed by atoms with Gasteiger partial charge in [-0.1, -0.05) is 18.2 Å². The van der Waals surface area contributed by atoms with Gasteiger partial charge in [0, 0.05) is 22.7 Å². The average Bonchev–Trinajstić information content (AvgIpc) is 3.40. The number of ether oxygens (including phenoxy) is 1. The standard InChI is InChI=1S/C20H21N3O5/c1-11(17(25)14-9-21-15-6-4-3-5-13(14)15)28-16(24)10-23-18(26)20(2,12-7-8-12)22-19(23)27/h3-6,9,11-12,21H,7-8,10H2,1-2H3,(H,22,27)/t11-,20+/m0/s1. The quantitative estimate of drug-likeness (QED) is 0.451. The van der Waals surface area contributed by atoms with E-state index in [9.17, 15) is 19.2 Å². The SMILES string of the molecule is C[C@H](OC(=O)CN1C(=O)N[C@](C)(C2CC2)C1=O)C(=O)c1c[nH]c2ccccc12. The van der Waals surface area contributed by atoms with Gasteiger partial charge in [-0.2, -0.15) is 0 Å². The Hall–Kier alpha value is -3.16. The molecule has 3 amide bonds. The molecule has 0 bridgehead atoms. The van der Waals surface area contributed by atoms with Crippen LogP contribution in [0.2, 0.25) is 0 Å². The van der Waals surface area contributed by atoms with Crippen LogP contribution in [-0.2, 0) is 14.3 Å². The summed E-state index contributed by atoms with van der Waals surface area (Å²) in [6, 6.07) is 6.71. The van der Waals surface area contributed by atoms with Crippen LogP contribution in [0.3, 0.4) is 0 Å². The van der Waals surface area contributed by atoms with E-state index in [1.807, 2.05) is 18.2 Å². The van der Waals surface area contributed by atoms with E-state index in [4.69, 9.17) is 4.74 Å². The Bertz CT molecular complexity index is 993. The molecule has 1 aromatic carbocycles. The average molecular weight is 383 g/mol. The highest BCUT2D eigenvalue weighted by atomic mass is 16.5. The lowest BCUT2D eigenvalue weighted by Crippen LogP contribution is -2.46. The van der Waals surface area contributed by atoms with Crippen molar-refractivity contribution in [3.05, 3.63) is 36.0 Å². The molecular weight excluding hydrogens is 362 g/mol. The number of hydrogen-bond acceptors (Lipinski definition) is 5. The van der Waals surface area contributed by atoms with Gasteiger partial charge >= 0.3 is 12.0 Å². The fourth-order valence-corrected chi connectivity index (χ4v) is 3.71. The number of benzene rings is 1. The van der Waals surface area contributed by atoms with Crippen molar-refractivity contribution in [2.45, 2.75) is 38.3 Å². The van der Waals surface area contributed by atoms with Crippen molar-refractivity contribution in [3.8, 4) is 0 Å². The molecule has 4 rings (SSSR count). The van der Waals surface area contributed by atoms with Gasteiger partial charge in [-0.25, -0.2) is 4.79 Å². The van der Waals surface area contributed by atoms with Crippen molar-refractivity contribution in [1.29, 1.82) is 0 Å². The van der Waals surface area contributed by atoms with Crippen LogP contribution in [0, 0.1) is 5.92 Å². The molecule has 2 fully saturated rings. The number of Topliss-reactive ketones (excluding diaryl/α,β-unsaturated/α-hetero) is 1. The first-order valence-corrected chi connectivity index (χ1v) is 9.25. The highest BCUT2D eigenvalue weighted by Crippen LogP contribution is 2.42. The van der Waals surface area contributed by atoms with Crippen molar-refractivity contribution >= 4 is 34.6 Å². The fourth-order valence-electron chi connectivity index (χ4n) is 3.71. The number of hydrogen-bond donors (Lipinski definition) is 2. The van der Waals surface area contributed by atoms with E-state index < -0.39 is 36.1 Å². The second kappa shape index (κ2) is 6.47. The van der Waals surface area contributed by atoms with E-state index in [1.165, 1.54) is 6.92 Å². The molecule has 2 aromatic rings. The predicted octanol–water partition coefficient (Wildman–Crippen LogP) is 2.00. The lowest BCUT2D eigenvalue weighted by atomic mass is 9.96. The fraction of sp³-hybridized carbons (Fsp3) is 0.400. The number of nitrogens with zero attached hydrogens (tertiary/aromatic N) is 1. The number of H-pyrrole nitrogens is 1. The molecule has 2 atom stereocenters. The summed E-state index contributed by atoms with van der Waals surface area (Å²) in [6.45, 7) is 2.64. The maximum atomic E-state index is 12.7. The van der Waals surface area contributed by atoms with Gasteiger partial charge in [0.1, 0.15) is 12.1 Å². The van der Waals surface area contributed by atoms with Crippen LogP contribution in [-0.4, -0.2) is 51.8 Å². The highest BCUT2D eigenvalue weighted by Gasteiger charge is 2.56. The molecule has 8 nitrogen and oxygen atoms in total. The van der Waals surface area contributed by atoms with E-state index in [-0.39, 0.29) is 11.7 Å². The molecule has 0 spiro atoms. The summed E-state index contributed by atoms with van der Waals surface area (Å²) in [4.78, 5) is 53.5. The van der Waals surface area contributed by atoms with Gasteiger partial charge in [0.2, 0.25) is 5.78 Å². The molecule has 2 aliphatic rings. The van der Waals surface area contributed by atoms with Crippen LogP contribution in [0.5, 0.6) is 0 Å². The minimum absolute atomic E-state index is 0.104. The van der Waals surface area contributed by atoms with Gasteiger partial charge in [0.15, 0.2) is 6.10 Å². The van der Waals surface area contributed by atoms with Crippen LogP contribution in [0.4, 0.5) is 4.79 Å². The van der Waals surface area contributed by atoms with Crippen LogP contribution in [0.25, 0.3) is 10.9 Å². The van der Waals surface area contributed by atoms with Crippen LogP contribution in [0.1, 0.15) is 37.0 Å². The lowest BCUT2D eigenvalue weighted by molar-refractivity contribution is -0.150. The monoisotopic (exact) mass is 383 g/mol. The number of esters is 1. The molecule has 1 aromatic heterocycles. The first-order chi connectivity index (χ1) is 13.3. The van der Waals surface area contributed by atoms with Gasteiger partial charge in [0.25, 0.3) is 5.91 Å². The Kier molecular flexibility index (Phi) is 4.21. The number of nitrogens with one attached hydrogen (secondary N) is 2. The molecule has 146 valence electrons. The molecule has 8 heteroatoms. The summed E-state index contributed by atoms with van der Waals surface area (Å²) in [5.41, 5.74) is 0.276. The number of carbonyl (C=O) groups is 4. The second-order valence-corrected chi connectivity index (χ2v) is 7.54. The molecule has 28 heavy (non-hydrogen) atoms. The van der Waals surface area contributed by atoms with Crippen molar-refractivity contribution in [2.24, 2.45) is 5.92 Å². The number of para-hydroxylation sites is 1. The normalized spacial score (nSPS) is 23.0. The zero-order valence-electron chi connectivity index (χ0n) is 15.7. The highest BCUT2D eigenvalue weighted by molar-refractivity contribution is 6.11. The summed E-state index contributed by atoms with van der Waals surface area (Å²) in [6.07, 6.45) is 2.28. The Morgan fingerprint density at radius 2 is 2.00 bits per heavy atom. The van der Waals surface area contributed by atoms with E-state index in [0.29, 0.717) is 5.56 Å². The minimum Gasteiger partial charge on any atom is -0.453 e. The van der Waals surface area contributed by atoms with Crippen molar-refractivity contribution < 1.29 is 23.9 Å². The number of amides is 3. The van der Waals surface area contributed by atoms with Gasteiger partial charge < -0.3 is 15.0 Å². The number of imide groups is 1. The number of rotatable bonds is 6. The third-order valence-corrected chi connectivity index (χ3v) is 5.51. The maximum absolute atomic E-state index is 12.7. The third-order valence-electron chi connectivity index (χ3n) is 5.51. The molecule has 1 saturated heterocycles. The first kappa shape index (κ1) is 18.2. The van der Waals surface area contributed by atoms with Gasteiger partial charge in [-0.15, -0.1) is 0 Å². The van der Waals surface area contributed by atoms with Crippen LogP contribution < -0.4 is 5.32 Å². The maximum Gasteiger partial charge on any atom is 0.326 e. The first-order valence-electron chi connectivity index (χ1n) is 9.25. The summed E-state index contributed by atoms with van der Waals surface area (Å²) >= 11 is 0. The van der Waals surface area contributed by atoms with Crippen LogP contribution in [0.15, 0.2) is 30.5 Å². The third kappa shape index (κ3) is 2.94. The molecule has 2 N–H and O–H groups in total. The Morgan fingerprint density at radius 1 is 1.29 bits per heavy atom. The zero-order valence-corrected chi connectivity index (χ0v) is 15.7. The van der Waals surface area contributed by atoms with Crippen molar-refractivity contribution in [1.82, 2.24) is 15.2 Å². The van der Waals surface area contributed by atoms with Crippen LogP contribution >= 0.6 is 0 Å². The zero-order chi connectivity index (χ0) is 20.1. The summed E-state index contributed by atoms with van der Waals surface area (Å²) in [5.74, 6) is -1.48. The van der Waals surface area contributed by atoms with Crippen molar-refractivity contribution in [3.63, 3.8) is 0 Å². The van der Waals surface area contributed by atoms with Crippen molar-refractivity contribution in [2.75, 3.05) is 6.54 Å².